The second-order valence-electron chi connectivity index (χ2n) is 4.94. The van der Waals surface area contributed by atoms with Gasteiger partial charge in [0.25, 0.3) is 0 Å². The fraction of sp³-hybridized carbons (Fsp3) is 1.00. The molecule has 0 aromatic carbocycles. The van der Waals surface area contributed by atoms with E-state index in [1.165, 1.54) is 44.9 Å². The van der Waals surface area contributed by atoms with Crippen LogP contribution >= 0.6 is 0 Å². The molecule has 0 amide bonds. The van der Waals surface area contributed by atoms with Crippen LogP contribution in [-0.2, 0) is 0 Å². The van der Waals surface area contributed by atoms with Crippen molar-refractivity contribution in [2.45, 2.75) is 57.0 Å². The predicted octanol–water partition coefficient (Wildman–Crippen LogP) is 1.63. The molecule has 2 fully saturated rings. The summed E-state index contributed by atoms with van der Waals surface area (Å²) in [4.78, 5) is 0. The van der Waals surface area contributed by atoms with E-state index in [-0.39, 0.29) is 0 Å². The van der Waals surface area contributed by atoms with Crippen LogP contribution < -0.4 is 11.5 Å². The van der Waals surface area contributed by atoms with E-state index in [0.29, 0.717) is 12.1 Å². The molecule has 0 heterocycles. The lowest BCUT2D eigenvalue weighted by Gasteiger charge is -2.39. The van der Waals surface area contributed by atoms with Crippen LogP contribution in [0.25, 0.3) is 0 Å². The lowest BCUT2D eigenvalue weighted by molar-refractivity contribution is 0.171. The molecule has 2 rings (SSSR count). The molecule has 0 aromatic rings. The molecule has 0 spiro atoms. The first-order valence-corrected chi connectivity index (χ1v) is 5.78. The molecule has 2 saturated carbocycles. The van der Waals surface area contributed by atoms with E-state index < -0.39 is 0 Å². The lowest BCUT2D eigenvalue weighted by Crippen LogP contribution is -2.43. The van der Waals surface area contributed by atoms with Crippen LogP contribution in [0.5, 0.6) is 0 Å². The molecule has 0 aliphatic heterocycles. The van der Waals surface area contributed by atoms with Crippen LogP contribution in [0.2, 0.25) is 0 Å². The van der Waals surface area contributed by atoms with Crippen molar-refractivity contribution in [2.75, 3.05) is 0 Å². The summed E-state index contributed by atoms with van der Waals surface area (Å²) in [5.41, 5.74) is 12.1. The summed E-state index contributed by atoms with van der Waals surface area (Å²) >= 11 is 0. The van der Waals surface area contributed by atoms with E-state index in [2.05, 4.69) is 0 Å². The standard InChI is InChI=1S/C11H22N2/c12-10-6-4-9(5-7-10)11(13)8-2-1-3-8/h8-11H,1-7,12-13H2. The van der Waals surface area contributed by atoms with Gasteiger partial charge in [0.2, 0.25) is 0 Å². The molecule has 13 heavy (non-hydrogen) atoms. The average Bonchev–Trinajstić information content (AvgIpc) is 2.02. The largest absolute Gasteiger partial charge is 0.328 e. The van der Waals surface area contributed by atoms with Crippen LogP contribution in [0.3, 0.4) is 0 Å². The molecular formula is C11H22N2. The zero-order valence-electron chi connectivity index (χ0n) is 8.41. The van der Waals surface area contributed by atoms with Gasteiger partial charge in [-0.25, -0.2) is 0 Å². The SMILES string of the molecule is NC1CCC(C(N)C2CCC2)CC1. The molecule has 1 atom stereocenters. The van der Waals surface area contributed by atoms with E-state index >= 15 is 0 Å². The van der Waals surface area contributed by atoms with Crippen LogP contribution in [0, 0.1) is 11.8 Å². The first-order valence-electron chi connectivity index (χ1n) is 5.78. The molecule has 2 aliphatic carbocycles. The van der Waals surface area contributed by atoms with Gasteiger partial charge in [-0.2, -0.15) is 0 Å². The van der Waals surface area contributed by atoms with Crippen LogP contribution in [-0.4, -0.2) is 12.1 Å². The maximum atomic E-state index is 6.26. The molecule has 2 heteroatoms. The second kappa shape index (κ2) is 3.97. The molecule has 0 bridgehead atoms. The van der Waals surface area contributed by atoms with Crippen LogP contribution in [0.15, 0.2) is 0 Å². The number of rotatable bonds is 2. The third-order valence-electron chi connectivity index (χ3n) is 4.05. The van der Waals surface area contributed by atoms with Crippen molar-refractivity contribution in [1.82, 2.24) is 0 Å². The molecule has 0 saturated heterocycles. The predicted molar refractivity (Wildman–Crippen MR) is 55.2 cm³/mol. The summed E-state index contributed by atoms with van der Waals surface area (Å²) in [5.74, 6) is 1.63. The Morgan fingerprint density at radius 2 is 1.38 bits per heavy atom. The van der Waals surface area contributed by atoms with Crippen molar-refractivity contribution in [3.63, 3.8) is 0 Å². The second-order valence-corrected chi connectivity index (χ2v) is 4.94. The van der Waals surface area contributed by atoms with E-state index in [1.54, 1.807) is 0 Å². The third kappa shape index (κ3) is 2.05. The molecule has 76 valence electrons. The molecule has 0 radical (unpaired) electrons. The molecule has 1 unspecified atom stereocenters. The Balaban J connectivity index is 1.79. The van der Waals surface area contributed by atoms with Crippen molar-refractivity contribution >= 4 is 0 Å². The summed E-state index contributed by atoms with van der Waals surface area (Å²) in [7, 11) is 0. The van der Waals surface area contributed by atoms with Gasteiger partial charge in [-0.3, -0.25) is 0 Å². The van der Waals surface area contributed by atoms with Gasteiger partial charge in [-0.15, -0.1) is 0 Å². The Labute approximate surface area is 81.1 Å². The van der Waals surface area contributed by atoms with Crippen molar-refractivity contribution in [3.05, 3.63) is 0 Å². The first kappa shape index (κ1) is 9.47. The van der Waals surface area contributed by atoms with Gasteiger partial charge in [0, 0.05) is 12.1 Å². The average molecular weight is 182 g/mol. The fourth-order valence-corrected chi connectivity index (χ4v) is 2.74. The quantitative estimate of drug-likeness (QED) is 0.682. The zero-order chi connectivity index (χ0) is 9.26. The molecular weight excluding hydrogens is 160 g/mol. The van der Waals surface area contributed by atoms with E-state index in [4.69, 9.17) is 11.5 Å². The lowest BCUT2D eigenvalue weighted by atomic mass is 9.71. The van der Waals surface area contributed by atoms with Crippen molar-refractivity contribution in [2.24, 2.45) is 23.3 Å². The molecule has 2 aliphatic rings. The van der Waals surface area contributed by atoms with Crippen molar-refractivity contribution < 1.29 is 0 Å². The van der Waals surface area contributed by atoms with Crippen LogP contribution in [0.4, 0.5) is 0 Å². The van der Waals surface area contributed by atoms with Gasteiger partial charge >= 0.3 is 0 Å². The van der Waals surface area contributed by atoms with Gasteiger partial charge in [-0.1, -0.05) is 6.42 Å². The normalized spacial score (nSPS) is 38.3. The monoisotopic (exact) mass is 182 g/mol. The maximum Gasteiger partial charge on any atom is 0.00956 e. The Bertz CT molecular complexity index is 157. The number of hydrogen-bond donors (Lipinski definition) is 2. The minimum absolute atomic E-state index is 0.463. The highest BCUT2D eigenvalue weighted by Crippen LogP contribution is 2.36. The highest BCUT2D eigenvalue weighted by atomic mass is 14.7. The molecule has 2 nitrogen and oxygen atoms in total. The Morgan fingerprint density at radius 3 is 1.85 bits per heavy atom. The number of nitrogens with two attached hydrogens (primary N) is 2. The topological polar surface area (TPSA) is 52.0 Å². The highest BCUT2D eigenvalue weighted by molar-refractivity contribution is 4.88. The van der Waals surface area contributed by atoms with Crippen molar-refractivity contribution in [3.8, 4) is 0 Å². The third-order valence-corrected chi connectivity index (χ3v) is 4.05. The zero-order valence-corrected chi connectivity index (χ0v) is 8.41. The summed E-state index contributed by atoms with van der Waals surface area (Å²) in [6, 6.07) is 0.950. The van der Waals surface area contributed by atoms with Crippen LogP contribution in [0.1, 0.15) is 44.9 Å². The van der Waals surface area contributed by atoms with E-state index in [9.17, 15) is 0 Å². The number of hydrogen-bond acceptors (Lipinski definition) is 2. The first-order chi connectivity index (χ1) is 6.27. The Hall–Kier alpha value is -0.0800. The van der Waals surface area contributed by atoms with Gasteiger partial charge in [0.15, 0.2) is 0 Å². The molecule has 0 aromatic heterocycles. The Morgan fingerprint density at radius 1 is 0.846 bits per heavy atom. The summed E-state index contributed by atoms with van der Waals surface area (Å²) in [5, 5.41) is 0. The Kier molecular flexibility index (Phi) is 2.89. The minimum atomic E-state index is 0.463. The van der Waals surface area contributed by atoms with Gasteiger partial charge in [-0.05, 0) is 50.4 Å². The highest BCUT2D eigenvalue weighted by Gasteiger charge is 2.32. The van der Waals surface area contributed by atoms with E-state index in [1.807, 2.05) is 0 Å². The van der Waals surface area contributed by atoms with Gasteiger partial charge in [0.1, 0.15) is 0 Å². The summed E-state index contributed by atoms with van der Waals surface area (Å²) in [6.45, 7) is 0. The smallest absolute Gasteiger partial charge is 0.00956 e. The minimum Gasteiger partial charge on any atom is -0.328 e. The fourth-order valence-electron chi connectivity index (χ4n) is 2.74. The van der Waals surface area contributed by atoms with Gasteiger partial charge < -0.3 is 11.5 Å². The maximum absolute atomic E-state index is 6.26. The van der Waals surface area contributed by atoms with Crippen molar-refractivity contribution in [1.29, 1.82) is 0 Å². The summed E-state index contributed by atoms with van der Waals surface area (Å²) < 4.78 is 0. The van der Waals surface area contributed by atoms with Gasteiger partial charge in [0.05, 0.1) is 0 Å². The summed E-state index contributed by atoms with van der Waals surface area (Å²) in [6.07, 6.45) is 9.12. The molecule has 4 N–H and O–H groups in total. The van der Waals surface area contributed by atoms with E-state index in [0.717, 1.165) is 11.8 Å².